The molecular formula is C16H23FN2O. The van der Waals surface area contributed by atoms with Gasteiger partial charge in [0.25, 0.3) is 0 Å². The van der Waals surface area contributed by atoms with Gasteiger partial charge in [-0.3, -0.25) is 4.79 Å². The number of carbonyl (C=O) groups excluding carboxylic acids is 1. The highest BCUT2D eigenvalue weighted by molar-refractivity contribution is 5.83. The van der Waals surface area contributed by atoms with Gasteiger partial charge in [0.2, 0.25) is 5.91 Å². The number of amides is 1. The van der Waals surface area contributed by atoms with E-state index in [-0.39, 0.29) is 23.8 Å². The molecule has 3 nitrogen and oxygen atoms in total. The average molecular weight is 278 g/mol. The highest BCUT2D eigenvalue weighted by Gasteiger charge is 2.45. The lowest BCUT2D eigenvalue weighted by molar-refractivity contribution is -0.142. The molecule has 110 valence electrons. The highest BCUT2D eigenvalue weighted by atomic mass is 19.1. The summed E-state index contributed by atoms with van der Waals surface area (Å²) in [5.41, 5.74) is 6.12. The molecule has 0 aliphatic heterocycles. The molecule has 1 fully saturated rings. The fourth-order valence-corrected chi connectivity index (χ4v) is 3.06. The van der Waals surface area contributed by atoms with Crippen molar-refractivity contribution in [3.05, 3.63) is 35.6 Å². The first-order chi connectivity index (χ1) is 9.38. The minimum absolute atomic E-state index is 0.0123. The van der Waals surface area contributed by atoms with Crippen LogP contribution in [0.2, 0.25) is 0 Å². The molecule has 0 spiro atoms. The second-order valence-corrected chi connectivity index (χ2v) is 6.03. The van der Waals surface area contributed by atoms with Gasteiger partial charge in [-0.1, -0.05) is 24.6 Å². The lowest BCUT2D eigenvalue weighted by Gasteiger charge is -2.35. The summed E-state index contributed by atoms with van der Waals surface area (Å²) in [7, 11) is 1.73. The van der Waals surface area contributed by atoms with E-state index in [0.29, 0.717) is 5.56 Å². The van der Waals surface area contributed by atoms with E-state index in [2.05, 4.69) is 0 Å². The van der Waals surface area contributed by atoms with E-state index in [1.54, 1.807) is 30.1 Å². The summed E-state index contributed by atoms with van der Waals surface area (Å²) in [5, 5.41) is 0. The first-order valence-electron chi connectivity index (χ1n) is 7.15. The number of halogens is 1. The third-order valence-electron chi connectivity index (χ3n) is 4.77. The van der Waals surface area contributed by atoms with E-state index in [0.717, 1.165) is 19.3 Å². The van der Waals surface area contributed by atoms with Crippen LogP contribution in [0.5, 0.6) is 0 Å². The molecule has 1 amide bonds. The van der Waals surface area contributed by atoms with Crippen molar-refractivity contribution >= 4 is 5.91 Å². The molecule has 4 heteroatoms. The smallest absolute Gasteiger partial charge is 0.230 e. The summed E-state index contributed by atoms with van der Waals surface area (Å²) >= 11 is 0. The lowest BCUT2D eigenvalue weighted by atomic mass is 9.83. The lowest BCUT2D eigenvalue weighted by Crippen LogP contribution is -2.48. The number of nitrogens with two attached hydrogens (primary N) is 1. The van der Waals surface area contributed by atoms with Crippen LogP contribution in [0.15, 0.2) is 24.3 Å². The van der Waals surface area contributed by atoms with Crippen LogP contribution in [-0.4, -0.2) is 23.9 Å². The summed E-state index contributed by atoms with van der Waals surface area (Å²) in [6.45, 7) is 3.78. The van der Waals surface area contributed by atoms with E-state index in [1.807, 2.05) is 13.8 Å². The fourth-order valence-electron chi connectivity index (χ4n) is 3.06. The van der Waals surface area contributed by atoms with Crippen LogP contribution < -0.4 is 5.73 Å². The van der Waals surface area contributed by atoms with Gasteiger partial charge in [-0.05, 0) is 32.8 Å². The van der Waals surface area contributed by atoms with E-state index < -0.39 is 5.41 Å². The fraction of sp³-hybridized carbons (Fsp3) is 0.562. The van der Waals surface area contributed by atoms with Gasteiger partial charge in [0.15, 0.2) is 0 Å². The average Bonchev–Trinajstić information content (AvgIpc) is 2.78. The predicted molar refractivity (Wildman–Crippen MR) is 77.5 cm³/mol. The Bertz CT molecular complexity index is 505. The second-order valence-electron chi connectivity index (χ2n) is 6.03. The van der Waals surface area contributed by atoms with Crippen LogP contribution in [0, 0.1) is 11.2 Å². The minimum Gasteiger partial charge on any atom is -0.338 e. The maximum Gasteiger partial charge on any atom is 0.230 e. The van der Waals surface area contributed by atoms with E-state index in [1.165, 1.54) is 6.07 Å². The van der Waals surface area contributed by atoms with E-state index in [4.69, 9.17) is 5.73 Å². The molecule has 0 bridgehead atoms. The van der Waals surface area contributed by atoms with Crippen LogP contribution in [-0.2, 0) is 4.79 Å². The molecule has 2 rings (SSSR count). The second kappa shape index (κ2) is 5.52. The minimum atomic E-state index is -0.520. The Balaban J connectivity index is 2.21. The van der Waals surface area contributed by atoms with Crippen molar-refractivity contribution in [1.82, 2.24) is 4.90 Å². The Kier molecular flexibility index (Phi) is 4.14. The zero-order chi connectivity index (χ0) is 14.9. The van der Waals surface area contributed by atoms with Gasteiger partial charge in [0.1, 0.15) is 5.82 Å². The van der Waals surface area contributed by atoms with Crippen LogP contribution in [0.4, 0.5) is 4.39 Å². The van der Waals surface area contributed by atoms with Crippen LogP contribution in [0.25, 0.3) is 0 Å². The summed E-state index contributed by atoms with van der Waals surface area (Å²) in [6.07, 6.45) is 2.66. The molecule has 0 heterocycles. The largest absolute Gasteiger partial charge is 0.338 e. The Labute approximate surface area is 120 Å². The van der Waals surface area contributed by atoms with Gasteiger partial charge >= 0.3 is 0 Å². The van der Waals surface area contributed by atoms with Crippen molar-refractivity contribution in [2.75, 3.05) is 7.05 Å². The monoisotopic (exact) mass is 278 g/mol. The van der Waals surface area contributed by atoms with Gasteiger partial charge in [0.05, 0.1) is 11.5 Å². The molecular weight excluding hydrogens is 255 g/mol. The molecule has 1 aliphatic rings. The van der Waals surface area contributed by atoms with Gasteiger partial charge in [-0.15, -0.1) is 0 Å². The number of carbonyl (C=O) groups is 1. The molecule has 1 aliphatic carbocycles. The Morgan fingerprint density at radius 1 is 1.50 bits per heavy atom. The molecule has 3 atom stereocenters. The summed E-state index contributed by atoms with van der Waals surface area (Å²) < 4.78 is 13.9. The highest BCUT2D eigenvalue weighted by Crippen LogP contribution is 2.39. The maximum atomic E-state index is 13.9. The molecule has 2 N–H and O–H groups in total. The molecule has 1 saturated carbocycles. The van der Waals surface area contributed by atoms with Crippen LogP contribution in [0.3, 0.4) is 0 Å². The van der Waals surface area contributed by atoms with Gasteiger partial charge in [-0.2, -0.15) is 0 Å². The van der Waals surface area contributed by atoms with E-state index >= 15 is 0 Å². The zero-order valence-electron chi connectivity index (χ0n) is 12.4. The first-order valence-corrected chi connectivity index (χ1v) is 7.15. The number of nitrogens with zero attached hydrogens (tertiary/aromatic N) is 1. The van der Waals surface area contributed by atoms with Crippen molar-refractivity contribution in [3.63, 3.8) is 0 Å². The molecule has 1 aromatic rings. The number of hydrogen-bond donors (Lipinski definition) is 1. The first kappa shape index (κ1) is 15.0. The number of rotatable bonds is 3. The topological polar surface area (TPSA) is 46.3 Å². The van der Waals surface area contributed by atoms with Crippen molar-refractivity contribution in [1.29, 1.82) is 0 Å². The van der Waals surface area contributed by atoms with Crippen molar-refractivity contribution in [2.45, 2.75) is 45.2 Å². The molecule has 0 saturated heterocycles. The van der Waals surface area contributed by atoms with Crippen LogP contribution in [0.1, 0.15) is 44.7 Å². The molecule has 0 radical (unpaired) electrons. The third kappa shape index (κ3) is 2.44. The van der Waals surface area contributed by atoms with Gasteiger partial charge < -0.3 is 10.6 Å². The summed E-state index contributed by atoms with van der Waals surface area (Å²) in [6, 6.07) is 6.18. The molecule has 1 aromatic carbocycles. The predicted octanol–water partition coefficient (Wildman–Crippen LogP) is 2.86. The summed E-state index contributed by atoms with van der Waals surface area (Å²) in [4.78, 5) is 14.4. The summed E-state index contributed by atoms with van der Waals surface area (Å²) in [5.74, 6) is -0.265. The Hall–Kier alpha value is -1.42. The zero-order valence-corrected chi connectivity index (χ0v) is 12.4. The normalized spacial score (nSPS) is 27.4. The number of hydrogen-bond acceptors (Lipinski definition) is 2. The molecule has 20 heavy (non-hydrogen) atoms. The third-order valence-corrected chi connectivity index (χ3v) is 4.77. The van der Waals surface area contributed by atoms with Gasteiger partial charge in [0, 0.05) is 18.7 Å². The van der Waals surface area contributed by atoms with E-state index in [9.17, 15) is 9.18 Å². The molecule has 0 aromatic heterocycles. The Morgan fingerprint density at radius 2 is 2.15 bits per heavy atom. The van der Waals surface area contributed by atoms with Crippen molar-refractivity contribution < 1.29 is 9.18 Å². The van der Waals surface area contributed by atoms with Crippen molar-refractivity contribution in [3.8, 4) is 0 Å². The standard InChI is InChI=1S/C16H23FN2O/c1-11(12-7-4-5-8-13(12)17)19(3)15(20)16(2)10-6-9-14(16)18/h4-5,7-8,11,14H,6,9-10,18H2,1-3H3. The Morgan fingerprint density at radius 3 is 2.70 bits per heavy atom. The number of benzene rings is 1. The molecule has 3 unspecified atom stereocenters. The van der Waals surface area contributed by atoms with Gasteiger partial charge in [-0.25, -0.2) is 4.39 Å². The quantitative estimate of drug-likeness (QED) is 0.924. The maximum absolute atomic E-state index is 13.9. The van der Waals surface area contributed by atoms with Crippen molar-refractivity contribution in [2.24, 2.45) is 11.1 Å². The SMILES string of the molecule is CC(c1ccccc1F)N(C)C(=O)C1(C)CCCC1N. The van der Waals surface area contributed by atoms with Crippen LogP contribution >= 0.6 is 0 Å².